The minimum Gasteiger partial charge on any atom is -0.376 e. The van der Waals surface area contributed by atoms with Crippen molar-refractivity contribution in [3.8, 4) is 0 Å². The number of hydrogen-bond donors (Lipinski definition) is 1. The summed E-state index contributed by atoms with van der Waals surface area (Å²) in [6.07, 6.45) is 2.50. The molecule has 1 N–H and O–H groups in total. The van der Waals surface area contributed by atoms with Crippen LogP contribution in [0.4, 0.5) is 5.69 Å². The van der Waals surface area contributed by atoms with Crippen molar-refractivity contribution in [1.82, 2.24) is 4.90 Å². The maximum Gasteiger partial charge on any atom is 0.229 e. The van der Waals surface area contributed by atoms with Gasteiger partial charge in [0, 0.05) is 31.8 Å². The molecule has 2 amide bonds. The van der Waals surface area contributed by atoms with Gasteiger partial charge in [0.15, 0.2) is 0 Å². The summed E-state index contributed by atoms with van der Waals surface area (Å²) in [5.41, 5.74) is 1.88. The van der Waals surface area contributed by atoms with E-state index in [-0.39, 0.29) is 23.8 Å². The van der Waals surface area contributed by atoms with Crippen molar-refractivity contribution in [2.45, 2.75) is 32.3 Å². The average molecular weight is 302 g/mol. The number of nitrogens with one attached hydrogen (secondary N) is 1. The number of nitrogens with zero attached hydrogens (tertiary/aromatic N) is 1. The van der Waals surface area contributed by atoms with Gasteiger partial charge in [-0.1, -0.05) is 12.1 Å². The van der Waals surface area contributed by atoms with E-state index >= 15 is 0 Å². The van der Waals surface area contributed by atoms with E-state index in [1.54, 1.807) is 4.90 Å². The quantitative estimate of drug-likeness (QED) is 0.925. The first-order chi connectivity index (χ1) is 10.6. The third-order valence-corrected chi connectivity index (χ3v) is 4.32. The number of likely N-dealkylation sites (tertiary alicyclic amines) is 1. The van der Waals surface area contributed by atoms with Crippen LogP contribution in [0, 0.1) is 12.8 Å². The SMILES string of the molecule is Cc1cccc(NC(=O)C2CC(=O)N(CC3CCCO3)C2)c1. The number of benzene rings is 1. The first kappa shape index (κ1) is 15.0. The van der Waals surface area contributed by atoms with Crippen LogP contribution in [0.5, 0.6) is 0 Å². The molecule has 0 radical (unpaired) electrons. The fourth-order valence-corrected chi connectivity index (χ4v) is 3.13. The van der Waals surface area contributed by atoms with Crippen LogP contribution in [0.1, 0.15) is 24.8 Å². The molecule has 2 unspecified atom stereocenters. The Hall–Kier alpha value is -1.88. The van der Waals surface area contributed by atoms with Crippen molar-refractivity contribution < 1.29 is 14.3 Å². The molecule has 2 aliphatic rings. The van der Waals surface area contributed by atoms with Crippen molar-refractivity contribution >= 4 is 17.5 Å². The number of anilines is 1. The van der Waals surface area contributed by atoms with Gasteiger partial charge < -0.3 is 15.0 Å². The normalized spacial score (nSPS) is 24.8. The molecule has 2 fully saturated rings. The van der Waals surface area contributed by atoms with Crippen LogP contribution in [-0.4, -0.2) is 42.5 Å². The first-order valence-corrected chi connectivity index (χ1v) is 7.89. The van der Waals surface area contributed by atoms with Gasteiger partial charge in [-0.15, -0.1) is 0 Å². The molecule has 0 spiro atoms. The second-order valence-electron chi connectivity index (χ2n) is 6.19. The monoisotopic (exact) mass is 302 g/mol. The highest BCUT2D eigenvalue weighted by atomic mass is 16.5. The van der Waals surface area contributed by atoms with Gasteiger partial charge in [0.2, 0.25) is 11.8 Å². The van der Waals surface area contributed by atoms with Crippen molar-refractivity contribution in [1.29, 1.82) is 0 Å². The van der Waals surface area contributed by atoms with Crippen LogP contribution in [0.25, 0.3) is 0 Å². The molecule has 2 atom stereocenters. The lowest BCUT2D eigenvalue weighted by Crippen LogP contribution is -2.34. The molecule has 0 bridgehead atoms. The van der Waals surface area contributed by atoms with Crippen molar-refractivity contribution in [3.63, 3.8) is 0 Å². The standard InChI is InChI=1S/C17H22N2O3/c1-12-4-2-5-14(8-12)18-17(21)13-9-16(20)19(10-13)11-15-6-3-7-22-15/h2,4-5,8,13,15H,3,6-7,9-11H2,1H3,(H,18,21). The predicted molar refractivity (Wildman–Crippen MR) is 83.5 cm³/mol. The zero-order chi connectivity index (χ0) is 15.5. The van der Waals surface area contributed by atoms with Gasteiger partial charge in [0.05, 0.1) is 12.0 Å². The molecule has 0 aromatic heterocycles. The van der Waals surface area contributed by atoms with Gasteiger partial charge in [-0.25, -0.2) is 0 Å². The molecular formula is C17H22N2O3. The van der Waals surface area contributed by atoms with Crippen LogP contribution < -0.4 is 5.32 Å². The Kier molecular flexibility index (Phi) is 4.43. The summed E-state index contributed by atoms with van der Waals surface area (Å²) in [7, 11) is 0. The molecule has 1 aromatic rings. The smallest absolute Gasteiger partial charge is 0.229 e. The van der Waals surface area contributed by atoms with Gasteiger partial charge in [-0.3, -0.25) is 9.59 Å². The summed E-state index contributed by atoms with van der Waals surface area (Å²) in [6.45, 7) is 3.88. The molecule has 5 heteroatoms. The van der Waals surface area contributed by atoms with Gasteiger partial charge in [0.1, 0.15) is 0 Å². The number of hydrogen-bond acceptors (Lipinski definition) is 3. The molecule has 3 rings (SSSR count). The van der Waals surface area contributed by atoms with Crippen molar-refractivity contribution in [2.24, 2.45) is 5.92 Å². The summed E-state index contributed by atoms with van der Waals surface area (Å²) in [5, 5.41) is 2.91. The van der Waals surface area contributed by atoms with Gasteiger partial charge in [0.25, 0.3) is 0 Å². The second-order valence-corrected chi connectivity index (χ2v) is 6.19. The van der Waals surface area contributed by atoms with E-state index in [2.05, 4.69) is 5.32 Å². The molecule has 2 aliphatic heterocycles. The number of carbonyl (C=O) groups excluding carboxylic acids is 2. The molecule has 5 nitrogen and oxygen atoms in total. The Labute approximate surface area is 130 Å². The maximum atomic E-state index is 12.3. The van der Waals surface area contributed by atoms with Crippen LogP contribution in [0.15, 0.2) is 24.3 Å². The third-order valence-electron chi connectivity index (χ3n) is 4.32. The van der Waals surface area contributed by atoms with Gasteiger partial charge in [-0.2, -0.15) is 0 Å². The Bertz CT molecular complexity index is 567. The van der Waals surface area contributed by atoms with E-state index in [0.717, 1.165) is 30.7 Å². The van der Waals surface area contributed by atoms with Crippen LogP contribution in [0.3, 0.4) is 0 Å². The molecule has 0 saturated carbocycles. The lowest BCUT2D eigenvalue weighted by molar-refractivity contribution is -0.129. The lowest BCUT2D eigenvalue weighted by atomic mass is 10.1. The highest BCUT2D eigenvalue weighted by molar-refractivity contribution is 5.97. The second kappa shape index (κ2) is 6.48. The largest absolute Gasteiger partial charge is 0.376 e. The fraction of sp³-hybridized carbons (Fsp3) is 0.529. The lowest BCUT2D eigenvalue weighted by Gasteiger charge is -2.20. The van der Waals surface area contributed by atoms with E-state index in [9.17, 15) is 9.59 Å². The Morgan fingerprint density at radius 3 is 3.05 bits per heavy atom. The predicted octanol–water partition coefficient (Wildman–Crippen LogP) is 1.96. The average Bonchev–Trinajstić information content (AvgIpc) is 3.10. The molecular weight excluding hydrogens is 280 g/mol. The third kappa shape index (κ3) is 3.47. The zero-order valence-corrected chi connectivity index (χ0v) is 12.9. The number of aryl methyl sites for hydroxylation is 1. The van der Waals surface area contributed by atoms with Crippen LogP contribution >= 0.6 is 0 Å². The summed E-state index contributed by atoms with van der Waals surface area (Å²) in [6, 6.07) is 7.69. The van der Waals surface area contributed by atoms with E-state index < -0.39 is 0 Å². The van der Waals surface area contributed by atoms with Crippen LogP contribution in [0.2, 0.25) is 0 Å². The number of ether oxygens (including phenoxy) is 1. The minimum atomic E-state index is -0.269. The number of rotatable bonds is 4. The van der Waals surface area contributed by atoms with Crippen molar-refractivity contribution in [3.05, 3.63) is 29.8 Å². The van der Waals surface area contributed by atoms with Crippen LogP contribution in [-0.2, 0) is 14.3 Å². The molecule has 22 heavy (non-hydrogen) atoms. The maximum absolute atomic E-state index is 12.3. The Balaban J connectivity index is 1.56. The molecule has 2 heterocycles. The molecule has 0 aliphatic carbocycles. The molecule has 2 saturated heterocycles. The summed E-state index contributed by atoms with van der Waals surface area (Å²) in [4.78, 5) is 26.2. The summed E-state index contributed by atoms with van der Waals surface area (Å²) < 4.78 is 5.57. The fourth-order valence-electron chi connectivity index (χ4n) is 3.13. The Morgan fingerprint density at radius 1 is 1.45 bits per heavy atom. The van der Waals surface area contributed by atoms with Gasteiger partial charge in [-0.05, 0) is 37.5 Å². The summed E-state index contributed by atoms with van der Waals surface area (Å²) >= 11 is 0. The summed E-state index contributed by atoms with van der Waals surface area (Å²) in [5.74, 6) is -0.289. The highest BCUT2D eigenvalue weighted by Gasteiger charge is 2.35. The molecule has 118 valence electrons. The zero-order valence-electron chi connectivity index (χ0n) is 12.9. The van der Waals surface area contributed by atoms with Crippen molar-refractivity contribution in [2.75, 3.05) is 25.0 Å². The molecule has 1 aromatic carbocycles. The highest BCUT2D eigenvalue weighted by Crippen LogP contribution is 2.23. The number of amides is 2. The van der Waals surface area contributed by atoms with E-state index in [1.165, 1.54) is 0 Å². The van der Waals surface area contributed by atoms with E-state index in [0.29, 0.717) is 19.5 Å². The first-order valence-electron chi connectivity index (χ1n) is 7.89. The number of carbonyl (C=O) groups is 2. The van der Waals surface area contributed by atoms with E-state index in [4.69, 9.17) is 4.74 Å². The van der Waals surface area contributed by atoms with E-state index in [1.807, 2.05) is 31.2 Å². The van der Waals surface area contributed by atoms with Gasteiger partial charge >= 0.3 is 0 Å². The minimum absolute atomic E-state index is 0.0555. The Morgan fingerprint density at radius 2 is 2.32 bits per heavy atom. The topological polar surface area (TPSA) is 58.6 Å².